The molecule has 1 aromatic carbocycles. The standard InChI is InChI=1S/C12H10FIN2S/c13-6-1-2-7(9(14)5-6)8-3-4-10-11(8)17-12(15)16-10/h1-2,5,8H,3-4H2,(H2,15,16). The molecule has 5 heteroatoms. The second kappa shape index (κ2) is 4.20. The van der Waals surface area contributed by atoms with E-state index < -0.39 is 0 Å². The lowest BCUT2D eigenvalue weighted by atomic mass is 9.98. The fraction of sp³-hybridized carbons (Fsp3) is 0.250. The maximum Gasteiger partial charge on any atom is 0.180 e. The van der Waals surface area contributed by atoms with Crippen LogP contribution >= 0.6 is 33.9 Å². The number of fused-ring (bicyclic) bond motifs is 1. The van der Waals surface area contributed by atoms with Gasteiger partial charge in [0.15, 0.2) is 5.13 Å². The second-order valence-corrected chi connectivity index (χ2v) is 6.34. The molecular weight excluding hydrogens is 350 g/mol. The van der Waals surface area contributed by atoms with Crippen molar-refractivity contribution in [3.63, 3.8) is 0 Å². The van der Waals surface area contributed by atoms with Crippen LogP contribution in [-0.2, 0) is 6.42 Å². The fourth-order valence-corrected chi connectivity index (χ4v) is 4.21. The van der Waals surface area contributed by atoms with E-state index in [1.54, 1.807) is 17.4 Å². The highest BCUT2D eigenvalue weighted by molar-refractivity contribution is 14.1. The van der Waals surface area contributed by atoms with E-state index in [1.807, 2.05) is 6.07 Å². The van der Waals surface area contributed by atoms with Crippen molar-refractivity contribution in [3.05, 3.63) is 43.7 Å². The first-order valence-electron chi connectivity index (χ1n) is 5.35. The number of aryl methyl sites for hydroxylation is 1. The largest absolute Gasteiger partial charge is 0.375 e. The van der Waals surface area contributed by atoms with Crippen LogP contribution in [0.25, 0.3) is 0 Å². The lowest BCUT2D eigenvalue weighted by molar-refractivity contribution is 0.624. The van der Waals surface area contributed by atoms with Gasteiger partial charge >= 0.3 is 0 Å². The summed E-state index contributed by atoms with van der Waals surface area (Å²) in [4.78, 5) is 5.59. The molecule has 2 nitrogen and oxygen atoms in total. The van der Waals surface area contributed by atoms with E-state index in [9.17, 15) is 4.39 Å². The highest BCUT2D eigenvalue weighted by Gasteiger charge is 2.29. The molecule has 1 aromatic heterocycles. The van der Waals surface area contributed by atoms with E-state index in [1.165, 1.54) is 16.5 Å². The van der Waals surface area contributed by atoms with Gasteiger partial charge in [-0.2, -0.15) is 0 Å². The zero-order valence-corrected chi connectivity index (χ0v) is 11.9. The summed E-state index contributed by atoms with van der Waals surface area (Å²) in [5.74, 6) is 0.160. The van der Waals surface area contributed by atoms with Crippen molar-refractivity contribution in [1.82, 2.24) is 4.98 Å². The molecule has 0 spiro atoms. The first-order valence-corrected chi connectivity index (χ1v) is 7.24. The Bertz CT molecular complexity index is 582. The van der Waals surface area contributed by atoms with Crippen LogP contribution in [0.15, 0.2) is 18.2 Å². The Balaban J connectivity index is 2.06. The average Bonchev–Trinajstić information content (AvgIpc) is 2.78. The van der Waals surface area contributed by atoms with Gasteiger partial charge in [0.05, 0.1) is 5.69 Å². The number of benzene rings is 1. The SMILES string of the molecule is Nc1nc2c(s1)C(c1ccc(F)cc1I)CC2. The number of hydrogen-bond acceptors (Lipinski definition) is 3. The van der Waals surface area contributed by atoms with Crippen molar-refractivity contribution in [2.45, 2.75) is 18.8 Å². The molecule has 0 aliphatic heterocycles. The molecule has 1 aliphatic carbocycles. The Morgan fingerprint density at radius 2 is 2.29 bits per heavy atom. The number of nitrogens with zero attached hydrogens (tertiary/aromatic N) is 1. The molecule has 0 radical (unpaired) electrons. The summed E-state index contributed by atoms with van der Waals surface area (Å²) in [7, 11) is 0. The number of rotatable bonds is 1. The van der Waals surface area contributed by atoms with Gasteiger partial charge in [-0.25, -0.2) is 9.37 Å². The molecule has 3 rings (SSSR count). The van der Waals surface area contributed by atoms with E-state index in [0.717, 1.165) is 22.1 Å². The van der Waals surface area contributed by atoms with Gasteiger partial charge in [0, 0.05) is 14.4 Å². The van der Waals surface area contributed by atoms with Gasteiger partial charge in [0.25, 0.3) is 0 Å². The number of nitrogens with two attached hydrogens (primary N) is 1. The highest BCUT2D eigenvalue weighted by atomic mass is 127. The Morgan fingerprint density at radius 3 is 3.06 bits per heavy atom. The normalized spacial score (nSPS) is 18.4. The molecule has 0 bridgehead atoms. The molecule has 0 amide bonds. The quantitative estimate of drug-likeness (QED) is 0.790. The average molecular weight is 360 g/mol. The topological polar surface area (TPSA) is 38.9 Å². The van der Waals surface area contributed by atoms with Gasteiger partial charge in [0.1, 0.15) is 5.82 Å². The Morgan fingerprint density at radius 1 is 1.47 bits per heavy atom. The monoisotopic (exact) mass is 360 g/mol. The van der Waals surface area contributed by atoms with Crippen LogP contribution in [0, 0.1) is 9.39 Å². The van der Waals surface area contributed by atoms with Crippen LogP contribution in [0.1, 0.15) is 28.5 Å². The summed E-state index contributed by atoms with van der Waals surface area (Å²) in [6, 6.07) is 4.99. The lowest BCUT2D eigenvalue weighted by Crippen LogP contribution is -1.98. The molecule has 2 aromatic rings. The van der Waals surface area contributed by atoms with Crippen molar-refractivity contribution in [2.24, 2.45) is 0 Å². The molecule has 0 saturated carbocycles. The van der Waals surface area contributed by atoms with Crippen LogP contribution in [0.5, 0.6) is 0 Å². The van der Waals surface area contributed by atoms with Gasteiger partial charge < -0.3 is 5.73 Å². The second-order valence-electron chi connectivity index (χ2n) is 4.12. The van der Waals surface area contributed by atoms with Gasteiger partial charge in [-0.05, 0) is 53.1 Å². The van der Waals surface area contributed by atoms with Gasteiger partial charge in [-0.1, -0.05) is 6.07 Å². The van der Waals surface area contributed by atoms with E-state index in [2.05, 4.69) is 27.6 Å². The third-order valence-corrected chi connectivity index (χ3v) is 5.04. The van der Waals surface area contributed by atoms with E-state index in [-0.39, 0.29) is 5.82 Å². The number of hydrogen-bond donors (Lipinski definition) is 1. The summed E-state index contributed by atoms with van der Waals surface area (Å²) in [5.41, 5.74) is 8.05. The molecule has 1 aliphatic rings. The molecule has 0 fully saturated rings. The predicted molar refractivity (Wildman–Crippen MR) is 75.8 cm³/mol. The maximum atomic E-state index is 13.1. The zero-order chi connectivity index (χ0) is 12.0. The third-order valence-electron chi connectivity index (χ3n) is 3.07. The Kier molecular flexibility index (Phi) is 2.82. The molecule has 2 N–H and O–H groups in total. The van der Waals surface area contributed by atoms with Crippen molar-refractivity contribution in [1.29, 1.82) is 0 Å². The van der Waals surface area contributed by atoms with Gasteiger partial charge in [-0.3, -0.25) is 0 Å². The minimum Gasteiger partial charge on any atom is -0.375 e. The van der Waals surface area contributed by atoms with E-state index >= 15 is 0 Å². The first-order chi connectivity index (χ1) is 8.15. The molecule has 1 unspecified atom stereocenters. The minimum atomic E-state index is -0.180. The minimum absolute atomic E-state index is 0.180. The fourth-order valence-electron chi connectivity index (χ4n) is 2.33. The molecule has 1 atom stereocenters. The number of halogens is 2. The summed E-state index contributed by atoms with van der Waals surface area (Å²) in [5, 5.41) is 0.636. The smallest absolute Gasteiger partial charge is 0.180 e. The first kappa shape index (κ1) is 11.4. The molecule has 88 valence electrons. The predicted octanol–water partition coefficient (Wildman–Crippen LogP) is 3.55. The van der Waals surface area contributed by atoms with Crippen LogP contribution in [0.3, 0.4) is 0 Å². The van der Waals surface area contributed by atoms with Gasteiger partial charge in [0.2, 0.25) is 0 Å². The third kappa shape index (κ3) is 1.95. The van der Waals surface area contributed by atoms with Crippen molar-refractivity contribution in [2.75, 3.05) is 5.73 Å². The van der Waals surface area contributed by atoms with E-state index in [4.69, 9.17) is 5.73 Å². The molecular formula is C12H10FIN2S. The van der Waals surface area contributed by atoms with Crippen molar-refractivity contribution in [3.8, 4) is 0 Å². The zero-order valence-electron chi connectivity index (χ0n) is 8.91. The Hall–Kier alpha value is -0.690. The molecule has 0 saturated heterocycles. The van der Waals surface area contributed by atoms with Crippen LogP contribution < -0.4 is 5.73 Å². The molecule has 1 heterocycles. The van der Waals surface area contributed by atoms with Crippen LogP contribution in [-0.4, -0.2) is 4.98 Å². The van der Waals surface area contributed by atoms with E-state index in [0.29, 0.717) is 11.0 Å². The summed E-state index contributed by atoms with van der Waals surface area (Å²) >= 11 is 3.76. The number of anilines is 1. The lowest BCUT2D eigenvalue weighted by Gasteiger charge is -2.12. The number of aromatic nitrogens is 1. The van der Waals surface area contributed by atoms with Crippen LogP contribution in [0.4, 0.5) is 9.52 Å². The van der Waals surface area contributed by atoms with Crippen molar-refractivity contribution >= 4 is 39.1 Å². The summed E-state index contributed by atoms with van der Waals surface area (Å²) < 4.78 is 14.1. The molecule has 17 heavy (non-hydrogen) atoms. The summed E-state index contributed by atoms with van der Waals surface area (Å²) in [6.07, 6.45) is 2.03. The summed E-state index contributed by atoms with van der Waals surface area (Å²) in [6.45, 7) is 0. The van der Waals surface area contributed by atoms with Crippen molar-refractivity contribution < 1.29 is 4.39 Å². The Labute approximate surface area is 116 Å². The van der Waals surface area contributed by atoms with Crippen LogP contribution in [0.2, 0.25) is 0 Å². The highest BCUT2D eigenvalue weighted by Crippen LogP contribution is 2.43. The number of nitrogen functional groups attached to an aromatic ring is 1. The number of thiazole rings is 1. The maximum absolute atomic E-state index is 13.1. The van der Waals surface area contributed by atoms with Gasteiger partial charge in [-0.15, -0.1) is 11.3 Å².